The fraction of sp³-hybridized carbons (Fsp3) is 0.667. The van der Waals surface area contributed by atoms with E-state index in [4.69, 9.17) is 0 Å². The summed E-state index contributed by atoms with van der Waals surface area (Å²) in [6.45, 7) is 10.5. The maximum Gasteiger partial charge on any atom is 0.159 e. The first kappa shape index (κ1) is 13.2. The summed E-state index contributed by atoms with van der Waals surface area (Å²) < 4.78 is 0. The number of unbranched alkanes of at least 4 members (excludes halogenated alkanes) is 1. The van der Waals surface area contributed by atoms with Crippen LogP contribution in [-0.4, -0.2) is 5.78 Å². The van der Waals surface area contributed by atoms with Gasteiger partial charge in [0.25, 0.3) is 0 Å². The van der Waals surface area contributed by atoms with Gasteiger partial charge in [-0.15, -0.1) is 0 Å². The molecule has 2 atom stereocenters. The third-order valence-corrected chi connectivity index (χ3v) is 4.14. The molecule has 0 saturated heterocycles. The minimum absolute atomic E-state index is 0.0690. The Hall–Kier alpha value is -0.850. The highest BCUT2D eigenvalue weighted by molar-refractivity contribution is 5.97. The molecule has 0 bridgehead atoms. The van der Waals surface area contributed by atoms with E-state index < -0.39 is 0 Å². The van der Waals surface area contributed by atoms with Crippen LogP contribution < -0.4 is 0 Å². The van der Waals surface area contributed by atoms with Crippen molar-refractivity contribution in [2.45, 2.75) is 52.9 Å². The highest BCUT2D eigenvalue weighted by Crippen LogP contribution is 2.46. The number of hydrogen-bond donors (Lipinski definition) is 0. The molecule has 1 rings (SSSR count). The number of carbonyl (C=O) groups excluding carboxylic acids is 1. The van der Waals surface area contributed by atoms with Crippen molar-refractivity contribution in [3.8, 4) is 0 Å². The molecule has 1 fully saturated rings. The number of rotatable bonds is 4. The standard InChI is InChI=1S/C15H24O/c1-5-7-11-15(4)12(3)9-10-14(16)13(15)8-6-2/h6,8,12H,2,5,7,9-11H2,1,3-4H3/b13-8+/t12-,15+/m1/s1. The molecule has 0 N–H and O–H groups in total. The molecule has 1 saturated carbocycles. The second kappa shape index (κ2) is 5.47. The number of allylic oxidation sites excluding steroid dienone is 3. The molecule has 16 heavy (non-hydrogen) atoms. The van der Waals surface area contributed by atoms with E-state index in [-0.39, 0.29) is 5.41 Å². The molecule has 1 aliphatic rings. The van der Waals surface area contributed by atoms with Crippen molar-refractivity contribution in [2.24, 2.45) is 11.3 Å². The van der Waals surface area contributed by atoms with Crippen molar-refractivity contribution in [1.29, 1.82) is 0 Å². The molecule has 1 nitrogen and oxygen atoms in total. The van der Waals surface area contributed by atoms with Gasteiger partial charge in [-0.3, -0.25) is 4.79 Å². The van der Waals surface area contributed by atoms with Gasteiger partial charge in [0.05, 0.1) is 0 Å². The Labute approximate surface area is 99.6 Å². The first-order chi connectivity index (χ1) is 7.56. The smallest absolute Gasteiger partial charge is 0.159 e. The van der Waals surface area contributed by atoms with Gasteiger partial charge < -0.3 is 0 Å². The minimum Gasteiger partial charge on any atom is -0.295 e. The van der Waals surface area contributed by atoms with E-state index in [0.717, 1.165) is 18.4 Å². The molecule has 0 heterocycles. The van der Waals surface area contributed by atoms with Crippen LogP contribution in [0.25, 0.3) is 0 Å². The van der Waals surface area contributed by atoms with Crippen LogP contribution in [0, 0.1) is 11.3 Å². The van der Waals surface area contributed by atoms with E-state index in [1.54, 1.807) is 6.08 Å². The molecular formula is C15H24O. The van der Waals surface area contributed by atoms with Gasteiger partial charge in [-0.25, -0.2) is 0 Å². The summed E-state index contributed by atoms with van der Waals surface area (Å²) in [4.78, 5) is 12.0. The molecular weight excluding hydrogens is 196 g/mol. The van der Waals surface area contributed by atoms with Crippen LogP contribution in [0.15, 0.2) is 24.3 Å². The molecule has 0 amide bonds. The van der Waals surface area contributed by atoms with Crippen LogP contribution in [-0.2, 0) is 4.79 Å². The summed E-state index contributed by atoms with van der Waals surface area (Å²) in [5.74, 6) is 0.930. The maximum atomic E-state index is 12.0. The summed E-state index contributed by atoms with van der Waals surface area (Å²) in [5, 5.41) is 0. The number of hydrogen-bond acceptors (Lipinski definition) is 1. The second-order valence-electron chi connectivity index (χ2n) is 5.20. The Morgan fingerprint density at radius 2 is 2.25 bits per heavy atom. The summed E-state index contributed by atoms with van der Waals surface area (Å²) in [6.07, 6.45) is 8.95. The quantitative estimate of drug-likeness (QED) is 0.646. The summed E-state index contributed by atoms with van der Waals surface area (Å²) in [7, 11) is 0. The second-order valence-corrected chi connectivity index (χ2v) is 5.20. The lowest BCUT2D eigenvalue weighted by Crippen LogP contribution is -2.36. The number of ketones is 1. The summed E-state index contributed by atoms with van der Waals surface area (Å²) in [6, 6.07) is 0. The first-order valence-corrected chi connectivity index (χ1v) is 6.42. The summed E-state index contributed by atoms with van der Waals surface area (Å²) >= 11 is 0. The van der Waals surface area contributed by atoms with Gasteiger partial charge in [0, 0.05) is 12.0 Å². The van der Waals surface area contributed by atoms with E-state index in [1.807, 2.05) is 6.08 Å². The topological polar surface area (TPSA) is 17.1 Å². The van der Waals surface area contributed by atoms with Gasteiger partial charge in [0.2, 0.25) is 0 Å². The van der Waals surface area contributed by atoms with Crippen LogP contribution in [0.3, 0.4) is 0 Å². The van der Waals surface area contributed by atoms with Gasteiger partial charge in [0.1, 0.15) is 0 Å². The zero-order valence-electron chi connectivity index (χ0n) is 10.9. The Morgan fingerprint density at radius 1 is 1.56 bits per heavy atom. The molecule has 0 aromatic rings. The van der Waals surface area contributed by atoms with Crippen LogP contribution in [0.2, 0.25) is 0 Å². The van der Waals surface area contributed by atoms with Crippen LogP contribution in [0.4, 0.5) is 0 Å². The number of Topliss-reactive ketones (excluding diaryl/α,β-unsaturated/α-hetero) is 1. The zero-order chi connectivity index (χ0) is 12.2. The largest absolute Gasteiger partial charge is 0.295 e. The third-order valence-electron chi connectivity index (χ3n) is 4.14. The first-order valence-electron chi connectivity index (χ1n) is 6.42. The van der Waals surface area contributed by atoms with Gasteiger partial charge in [-0.1, -0.05) is 52.3 Å². The highest BCUT2D eigenvalue weighted by atomic mass is 16.1. The van der Waals surface area contributed by atoms with E-state index in [9.17, 15) is 4.79 Å². The van der Waals surface area contributed by atoms with Crippen molar-refractivity contribution in [3.05, 3.63) is 24.3 Å². The Morgan fingerprint density at radius 3 is 2.81 bits per heavy atom. The lowest BCUT2D eigenvalue weighted by atomic mass is 9.62. The predicted molar refractivity (Wildman–Crippen MR) is 69.3 cm³/mol. The van der Waals surface area contributed by atoms with Gasteiger partial charge in [-0.2, -0.15) is 0 Å². The van der Waals surface area contributed by atoms with Crippen molar-refractivity contribution < 1.29 is 4.79 Å². The summed E-state index contributed by atoms with van der Waals surface area (Å²) in [5.41, 5.74) is 1.08. The van der Waals surface area contributed by atoms with Gasteiger partial charge in [-0.05, 0) is 24.2 Å². The van der Waals surface area contributed by atoms with Crippen molar-refractivity contribution >= 4 is 5.78 Å². The van der Waals surface area contributed by atoms with E-state index in [0.29, 0.717) is 18.1 Å². The third kappa shape index (κ3) is 2.45. The minimum atomic E-state index is 0.0690. The molecule has 0 unspecified atom stereocenters. The van der Waals surface area contributed by atoms with Crippen molar-refractivity contribution in [1.82, 2.24) is 0 Å². The van der Waals surface area contributed by atoms with Crippen molar-refractivity contribution in [3.63, 3.8) is 0 Å². The lowest BCUT2D eigenvalue weighted by molar-refractivity contribution is -0.119. The highest BCUT2D eigenvalue weighted by Gasteiger charge is 2.40. The molecule has 0 radical (unpaired) electrons. The Kier molecular flexibility index (Phi) is 4.52. The average Bonchev–Trinajstić information content (AvgIpc) is 2.27. The zero-order valence-corrected chi connectivity index (χ0v) is 10.9. The fourth-order valence-corrected chi connectivity index (χ4v) is 2.71. The molecule has 1 heteroatoms. The van der Waals surface area contributed by atoms with Crippen LogP contribution >= 0.6 is 0 Å². The molecule has 90 valence electrons. The fourth-order valence-electron chi connectivity index (χ4n) is 2.71. The predicted octanol–water partition coefficient (Wildman–Crippen LogP) is 4.29. The van der Waals surface area contributed by atoms with Crippen molar-refractivity contribution in [2.75, 3.05) is 0 Å². The monoisotopic (exact) mass is 220 g/mol. The lowest BCUT2D eigenvalue weighted by Gasteiger charge is -2.41. The normalized spacial score (nSPS) is 33.1. The van der Waals surface area contributed by atoms with Crippen LogP contribution in [0.5, 0.6) is 0 Å². The van der Waals surface area contributed by atoms with E-state index >= 15 is 0 Å². The molecule has 0 aromatic carbocycles. The SMILES string of the molecule is C=C/C=C1\C(=O)CC[C@@H](C)[C@]1(C)CCCC. The van der Waals surface area contributed by atoms with Gasteiger partial charge >= 0.3 is 0 Å². The Bertz CT molecular complexity index is 301. The maximum absolute atomic E-state index is 12.0. The molecule has 1 aliphatic carbocycles. The average molecular weight is 220 g/mol. The molecule has 0 aromatic heterocycles. The molecule has 0 spiro atoms. The number of carbonyl (C=O) groups is 1. The Balaban J connectivity index is 3.00. The molecule has 0 aliphatic heterocycles. The van der Waals surface area contributed by atoms with Gasteiger partial charge in [0.15, 0.2) is 5.78 Å². The van der Waals surface area contributed by atoms with Crippen LogP contribution in [0.1, 0.15) is 52.9 Å². The van der Waals surface area contributed by atoms with E-state index in [2.05, 4.69) is 27.4 Å². The van der Waals surface area contributed by atoms with E-state index in [1.165, 1.54) is 12.8 Å².